The highest BCUT2D eigenvalue weighted by Crippen LogP contribution is 2.16. The summed E-state index contributed by atoms with van der Waals surface area (Å²) < 4.78 is 0. The molecule has 1 aliphatic rings. The number of amides is 2. The summed E-state index contributed by atoms with van der Waals surface area (Å²) in [5.74, 6) is -0.0632. The molecular formula is C15H18N4O2. The number of para-hydroxylation sites is 1. The maximum Gasteiger partial charge on any atom is 0.272 e. The summed E-state index contributed by atoms with van der Waals surface area (Å²) in [5, 5.41) is 10.8. The number of carbonyl (C=O) groups excluding carboxylic acids is 2. The Balaban J connectivity index is 1.66. The lowest BCUT2D eigenvalue weighted by atomic mass is 10.0. The minimum Gasteiger partial charge on any atom is -0.348 e. The minimum atomic E-state index is -0.159. The van der Waals surface area contributed by atoms with Gasteiger partial charge in [0.15, 0.2) is 5.69 Å². The zero-order valence-corrected chi connectivity index (χ0v) is 11.9. The highest BCUT2D eigenvalue weighted by molar-refractivity contribution is 6.04. The smallest absolute Gasteiger partial charge is 0.272 e. The van der Waals surface area contributed by atoms with Crippen LogP contribution in [0.2, 0.25) is 0 Å². The van der Waals surface area contributed by atoms with Crippen LogP contribution in [0.5, 0.6) is 0 Å². The van der Waals surface area contributed by atoms with E-state index in [0.717, 1.165) is 23.7 Å². The van der Waals surface area contributed by atoms with E-state index in [9.17, 15) is 9.59 Å². The standard InChI is InChI=1S/C15H18N4O2/c1-10(20)19-8-6-11(7-9-19)16-15(21)14-12-4-2-3-5-13(12)17-18-14/h2-5,11H,6-9H2,1H3,(H,16,21)(H,17,18). The first kappa shape index (κ1) is 13.6. The van der Waals surface area contributed by atoms with Crippen molar-refractivity contribution < 1.29 is 9.59 Å². The van der Waals surface area contributed by atoms with E-state index in [2.05, 4.69) is 15.5 Å². The second kappa shape index (κ2) is 5.55. The van der Waals surface area contributed by atoms with Gasteiger partial charge in [-0.15, -0.1) is 0 Å². The van der Waals surface area contributed by atoms with E-state index < -0.39 is 0 Å². The number of aromatic amines is 1. The Morgan fingerprint density at radius 2 is 2.00 bits per heavy atom. The monoisotopic (exact) mass is 286 g/mol. The third kappa shape index (κ3) is 2.74. The van der Waals surface area contributed by atoms with Crippen molar-refractivity contribution in [2.75, 3.05) is 13.1 Å². The zero-order chi connectivity index (χ0) is 14.8. The fourth-order valence-corrected chi connectivity index (χ4v) is 2.73. The first-order valence-electron chi connectivity index (χ1n) is 7.14. The van der Waals surface area contributed by atoms with Gasteiger partial charge in [0, 0.05) is 31.4 Å². The van der Waals surface area contributed by atoms with E-state index in [1.807, 2.05) is 29.2 Å². The van der Waals surface area contributed by atoms with Crippen molar-refractivity contribution in [1.29, 1.82) is 0 Å². The number of rotatable bonds is 2. The van der Waals surface area contributed by atoms with Gasteiger partial charge in [0.05, 0.1) is 5.52 Å². The van der Waals surface area contributed by atoms with E-state index in [4.69, 9.17) is 0 Å². The second-order valence-corrected chi connectivity index (χ2v) is 5.37. The minimum absolute atomic E-state index is 0.0954. The van der Waals surface area contributed by atoms with Crippen molar-refractivity contribution in [2.24, 2.45) is 0 Å². The molecule has 1 aliphatic heterocycles. The highest BCUT2D eigenvalue weighted by Gasteiger charge is 2.23. The highest BCUT2D eigenvalue weighted by atomic mass is 16.2. The number of fused-ring (bicyclic) bond motifs is 1. The van der Waals surface area contributed by atoms with Gasteiger partial charge in [-0.1, -0.05) is 18.2 Å². The summed E-state index contributed by atoms with van der Waals surface area (Å²) in [7, 11) is 0. The van der Waals surface area contributed by atoms with Gasteiger partial charge >= 0.3 is 0 Å². The number of piperidine rings is 1. The van der Waals surface area contributed by atoms with E-state index in [0.29, 0.717) is 18.8 Å². The molecule has 3 rings (SSSR count). The Labute approximate surface area is 122 Å². The van der Waals surface area contributed by atoms with E-state index in [1.54, 1.807) is 6.92 Å². The number of aromatic nitrogens is 2. The molecule has 1 aromatic heterocycles. The molecule has 0 saturated carbocycles. The van der Waals surface area contributed by atoms with Gasteiger partial charge in [-0.2, -0.15) is 5.10 Å². The lowest BCUT2D eigenvalue weighted by molar-refractivity contribution is -0.129. The quantitative estimate of drug-likeness (QED) is 0.873. The first-order chi connectivity index (χ1) is 10.1. The molecule has 0 aliphatic carbocycles. The largest absolute Gasteiger partial charge is 0.348 e. The number of benzene rings is 1. The lowest BCUT2D eigenvalue weighted by Gasteiger charge is -2.31. The summed E-state index contributed by atoms with van der Waals surface area (Å²) in [5.41, 5.74) is 1.29. The van der Waals surface area contributed by atoms with Gasteiger partial charge in [-0.3, -0.25) is 14.7 Å². The van der Waals surface area contributed by atoms with E-state index in [-0.39, 0.29) is 17.9 Å². The summed E-state index contributed by atoms with van der Waals surface area (Å²) in [6.07, 6.45) is 1.57. The molecule has 2 N–H and O–H groups in total. The van der Waals surface area contributed by atoms with Crippen molar-refractivity contribution in [2.45, 2.75) is 25.8 Å². The van der Waals surface area contributed by atoms with E-state index in [1.165, 1.54) is 0 Å². The summed E-state index contributed by atoms with van der Waals surface area (Å²) in [4.78, 5) is 25.4. The first-order valence-corrected chi connectivity index (χ1v) is 7.14. The molecule has 0 radical (unpaired) electrons. The van der Waals surface area contributed by atoms with Crippen LogP contribution >= 0.6 is 0 Å². The van der Waals surface area contributed by atoms with Crippen LogP contribution in [0, 0.1) is 0 Å². The number of hydrogen-bond donors (Lipinski definition) is 2. The Bertz CT molecular complexity index is 671. The van der Waals surface area contributed by atoms with Gasteiger partial charge in [-0.25, -0.2) is 0 Å². The molecule has 2 amide bonds. The van der Waals surface area contributed by atoms with Crippen molar-refractivity contribution in [3.8, 4) is 0 Å². The fraction of sp³-hybridized carbons (Fsp3) is 0.400. The molecule has 1 aromatic carbocycles. The third-order valence-electron chi connectivity index (χ3n) is 3.96. The van der Waals surface area contributed by atoms with Crippen LogP contribution in [0.4, 0.5) is 0 Å². The van der Waals surface area contributed by atoms with Crippen molar-refractivity contribution >= 4 is 22.7 Å². The number of H-pyrrole nitrogens is 1. The Morgan fingerprint density at radius 1 is 1.29 bits per heavy atom. The molecule has 110 valence electrons. The Kier molecular flexibility index (Phi) is 3.60. The summed E-state index contributed by atoms with van der Waals surface area (Å²) >= 11 is 0. The maximum absolute atomic E-state index is 12.3. The second-order valence-electron chi connectivity index (χ2n) is 5.37. The molecule has 2 aromatic rings. The number of nitrogens with zero attached hydrogens (tertiary/aromatic N) is 2. The Morgan fingerprint density at radius 3 is 2.71 bits per heavy atom. The fourth-order valence-electron chi connectivity index (χ4n) is 2.73. The van der Waals surface area contributed by atoms with Gasteiger partial charge in [0.25, 0.3) is 5.91 Å². The number of likely N-dealkylation sites (tertiary alicyclic amines) is 1. The van der Waals surface area contributed by atoms with Crippen molar-refractivity contribution in [3.05, 3.63) is 30.0 Å². The third-order valence-corrected chi connectivity index (χ3v) is 3.96. The van der Waals surface area contributed by atoms with E-state index >= 15 is 0 Å². The number of nitrogens with one attached hydrogen (secondary N) is 2. The van der Waals surface area contributed by atoms with Crippen molar-refractivity contribution in [1.82, 2.24) is 20.4 Å². The molecule has 6 nitrogen and oxygen atoms in total. The SMILES string of the molecule is CC(=O)N1CCC(NC(=O)c2n[nH]c3ccccc23)CC1. The molecule has 0 atom stereocenters. The van der Waals surface area contributed by atoms with Crippen LogP contribution < -0.4 is 5.32 Å². The molecule has 0 spiro atoms. The topological polar surface area (TPSA) is 78.1 Å². The van der Waals surface area contributed by atoms with Gasteiger partial charge in [-0.05, 0) is 18.9 Å². The van der Waals surface area contributed by atoms with Crippen LogP contribution in [0.15, 0.2) is 24.3 Å². The van der Waals surface area contributed by atoms with Gasteiger partial charge in [0.1, 0.15) is 0 Å². The number of hydrogen-bond acceptors (Lipinski definition) is 3. The van der Waals surface area contributed by atoms with Crippen LogP contribution in [0.1, 0.15) is 30.3 Å². The zero-order valence-electron chi connectivity index (χ0n) is 11.9. The van der Waals surface area contributed by atoms with Crippen LogP contribution in [0.3, 0.4) is 0 Å². The maximum atomic E-state index is 12.3. The molecule has 0 unspecified atom stereocenters. The Hall–Kier alpha value is -2.37. The molecule has 21 heavy (non-hydrogen) atoms. The molecule has 2 heterocycles. The molecule has 1 fully saturated rings. The van der Waals surface area contributed by atoms with Crippen LogP contribution in [0.25, 0.3) is 10.9 Å². The molecule has 6 heteroatoms. The summed E-state index contributed by atoms with van der Waals surface area (Å²) in [6, 6.07) is 7.67. The molecule has 1 saturated heterocycles. The van der Waals surface area contributed by atoms with Gasteiger partial charge in [0.2, 0.25) is 5.91 Å². The average Bonchev–Trinajstić information content (AvgIpc) is 2.92. The normalized spacial score (nSPS) is 16.1. The van der Waals surface area contributed by atoms with Gasteiger partial charge < -0.3 is 10.2 Å². The van der Waals surface area contributed by atoms with Crippen LogP contribution in [-0.2, 0) is 4.79 Å². The predicted octanol–water partition coefficient (Wildman–Crippen LogP) is 1.30. The summed E-state index contributed by atoms with van der Waals surface area (Å²) in [6.45, 7) is 2.97. The number of carbonyl (C=O) groups is 2. The lowest BCUT2D eigenvalue weighted by Crippen LogP contribution is -2.46. The van der Waals surface area contributed by atoms with Crippen molar-refractivity contribution in [3.63, 3.8) is 0 Å². The molecular weight excluding hydrogens is 268 g/mol. The molecule has 0 bridgehead atoms. The average molecular weight is 286 g/mol. The van der Waals surface area contributed by atoms with Crippen LogP contribution in [-0.4, -0.2) is 46.0 Å². The predicted molar refractivity (Wildman–Crippen MR) is 78.8 cm³/mol.